The van der Waals surface area contributed by atoms with E-state index in [-0.39, 0.29) is 29.8 Å². The molecule has 7 heteroatoms. The van der Waals surface area contributed by atoms with Crippen molar-refractivity contribution < 1.29 is 14.4 Å². The molecule has 152 valence electrons. The number of amides is 3. The largest absolute Gasteiger partial charge is 0.349 e. The third kappa shape index (κ3) is 4.34. The molecule has 1 atom stereocenters. The third-order valence-corrected chi connectivity index (χ3v) is 6.57. The topological polar surface area (TPSA) is 69.7 Å². The highest BCUT2D eigenvalue weighted by molar-refractivity contribution is 7.12. The molecule has 0 saturated carbocycles. The minimum Gasteiger partial charge on any atom is -0.349 e. The first-order valence-electron chi connectivity index (χ1n) is 10.1. The number of benzene rings is 1. The van der Waals surface area contributed by atoms with Crippen LogP contribution in [0.1, 0.15) is 45.7 Å². The van der Waals surface area contributed by atoms with Gasteiger partial charge in [0.2, 0.25) is 5.91 Å². The molecule has 2 aliphatic rings. The van der Waals surface area contributed by atoms with E-state index in [1.807, 2.05) is 40.6 Å². The average molecular weight is 412 g/mol. The van der Waals surface area contributed by atoms with Gasteiger partial charge in [-0.15, -0.1) is 11.3 Å². The van der Waals surface area contributed by atoms with Crippen LogP contribution in [0.25, 0.3) is 0 Å². The van der Waals surface area contributed by atoms with E-state index in [1.54, 1.807) is 17.0 Å². The van der Waals surface area contributed by atoms with Crippen molar-refractivity contribution in [3.63, 3.8) is 0 Å². The zero-order chi connectivity index (χ0) is 20.2. The van der Waals surface area contributed by atoms with E-state index in [2.05, 4.69) is 5.32 Å². The zero-order valence-electron chi connectivity index (χ0n) is 16.3. The van der Waals surface area contributed by atoms with Crippen LogP contribution in [0, 0.1) is 0 Å². The lowest BCUT2D eigenvalue weighted by Gasteiger charge is -2.35. The molecule has 4 rings (SSSR count). The van der Waals surface area contributed by atoms with Gasteiger partial charge in [0.05, 0.1) is 4.88 Å². The fourth-order valence-electron chi connectivity index (χ4n) is 4.12. The number of nitrogens with one attached hydrogen (secondary N) is 1. The highest BCUT2D eigenvalue weighted by Gasteiger charge is 2.38. The van der Waals surface area contributed by atoms with E-state index >= 15 is 0 Å². The van der Waals surface area contributed by atoms with Crippen LogP contribution in [-0.4, -0.2) is 59.2 Å². The first-order valence-corrected chi connectivity index (χ1v) is 11.0. The lowest BCUT2D eigenvalue weighted by Crippen LogP contribution is -2.52. The van der Waals surface area contributed by atoms with E-state index in [4.69, 9.17) is 0 Å². The second-order valence-electron chi connectivity index (χ2n) is 7.57. The molecule has 1 N–H and O–H groups in total. The maximum atomic E-state index is 13.1. The van der Waals surface area contributed by atoms with Crippen molar-refractivity contribution >= 4 is 29.1 Å². The molecule has 29 heavy (non-hydrogen) atoms. The van der Waals surface area contributed by atoms with Gasteiger partial charge in [0, 0.05) is 31.2 Å². The molecule has 2 aromatic rings. The quantitative estimate of drug-likeness (QED) is 0.841. The second kappa shape index (κ2) is 8.78. The molecule has 0 radical (unpaired) electrons. The minimum absolute atomic E-state index is 0.0409. The summed E-state index contributed by atoms with van der Waals surface area (Å²) in [5.74, 6) is -0.0695. The maximum absolute atomic E-state index is 13.1. The van der Waals surface area contributed by atoms with Crippen molar-refractivity contribution in [2.45, 2.75) is 37.8 Å². The molecule has 0 unspecified atom stereocenters. The summed E-state index contributed by atoms with van der Waals surface area (Å²) in [5.41, 5.74) is 0.652. The number of carbonyl (C=O) groups excluding carboxylic acids is 3. The summed E-state index contributed by atoms with van der Waals surface area (Å²) in [6.45, 7) is 1.85. The molecule has 0 bridgehead atoms. The molecule has 1 aromatic heterocycles. The number of hydrogen-bond acceptors (Lipinski definition) is 4. The summed E-state index contributed by atoms with van der Waals surface area (Å²) in [6.07, 6.45) is 3.05. The van der Waals surface area contributed by atoms with Gasteiger partial charge < -0.3 is 15.1 Å². The highest BCUT2D eigenvalue weighted by atomic mass is 32.1. The Bertz CT molecular complexity index is 861. The van der Waals surface area contributed by atoms with Crippen LogP contribution >= 0.6 is 11.3 Å². The number of nitrogens with zero attached hydrogens (tertiary/aromatic N) is 2. The van der Waals surface area contributed by atoms with Crippen LogP contribution in [0.3, 0.4) is 0 Å². The Hall–Kier alpha value is -2.67. The normalized spacial score (nSPS) is 19.9. The lowest BCUT2D eigenvalue weighted by molar-refractivity contribution is -0.136. The number of likely N-dealkylation sites (tertiary alicyclic amines) is 2. The van der Waals surface area contributed by atoms with Gasteiger partial charge >= 0.3 is 0 Å². The van der Waals surface area contributed by atoms with E-state index in [1.165, 1.54) is 11.3 Å². The van der Waals surface area contributed by atoms with Crippen molar-refractivity contribution in [1.29, 1.82) is 0 Å². The summed E-state index contributed by atoms with van der Waals surface area (Å²) in [5, 5.41) is 4.95. The number of thiophene rings is 1. The van der Waals surface area contributed by atoms with E-state index in [0.717, 1.165) is 25.7 Å². The third-order valence-electron chi connectivity index (χ3n) is 5.71. The van der Waals surface area contributed by atoms with Gasteiger partial charge in [-0.2, -0.15) is 0 Å². The SMILES string of the molecule is O=C(NC1CCN(C(=O)[C@H]2CCCN2C(=O)c2cccs2)CC1)c1ccccc1. The Morgan fingerprint density at radius 3 is 2.38 bits per heavy atom. The Morgan fingerprint density at radius 2 is 1.69 bits per heavy atom. The van der Waals surface area contributed by atoms with Gasteiger partial charge in [0.15, 0.2) is 0 Å². The predicted octanol–water partition coefficient (Wildman–Crippen LogP) is 2.77. The zero-order valence-corrected chi connectivity index (χ0v) is 17.1. The molecular weight excluding hydrogens is 386 g/mol. The summed E-state index contributed by atoms with van der Waals surface area (Å²) < 4.78 is 0. The molecular formula is C22H25N3O3S. The van der Waals surface area contributed by atoms with Crippen LogP contribution in [0.5, 0.6) is 0 Å². The Balaban J connectivity index is 1.32. The van der Waals surface area contributed by atoms with Crippen LogP contribution in [-0.2, 0) is 4.79 Å². The molecule has 2 aliphatic heterocycles. The number of hydrogen-bond donors (Lipinski definition) is 1. The number of piperidine rings is 1. The predicted molar refractivity (Wildman–Crippen MR) is 112 cm³/mol. The van der Waals surface area contributed by atoms with Crippen LogP contribution in [0.15, 0.2) is 47.8 Å². The summed E-state index contributed by atoms with van der Waals surface area (Å²) in [7, 11) is 0. The van der Waals surface area contributed by atoms with Crippen molar-refractivity contribution in [2.75, 3.05) is 19.6 Å². The maximum Gasteiger partial charge on any atom is 0.264 e. The highest BCUT2D eigenvalue weighted by Crippen LogP contribution is 2.25. The van der Waals surface area contributed by atoms with Crippen molar-refractivity contribution in [3.8, 4) is 0 Å². The first-order chi connectivity index (χ1) is 14.1. The smallest absolute Gasteiger partial charge is 0.264 e. The molecule has 3 amide bonds. The van der Waals surface area contributed by atoms with E-state index < -0.39 is 0 Å². The van der Waals surface area contributed by atoms with E-state index in [9.17, 15) is 14.4 Å². The molecule has 3 heterocycles. The van der Waals surface area contributed by atoms with Gasteiger partial charge in [-0.05, 0) is 49.3 Å². The summed E-state index contributed by atoms with van der Waals surface area (Å²) in [6, 6.07) is 12.6. The van der Waals surface area contributed by atoms with Crippen LogP contribution < -0.4 is 5.32 Å². The fraction of sp³-hybridized carbons (Fsp3) is 0.409. The van der Waals surface area contributed by atoms with Crippen molar-refractivity contribution in [2.24, 2.45) is 0 Å². The van der Waals surface area contributed by atoms with Crippen molar-refractivity contribution in [1.82, 2.24) is 15.1 Å². The molecule has 2 saturated heterocycles. The number of rotatable bonds is 4. The minimum atomic E-state index is -0.361. The Kier molecular flexibility index (Phi) is 5.94. The molecule has 2 fully saturated rings. The average Bonchev–Trinajstić information content (AvgIpc) is 3.46. The first kappa shape index (κ1) is 19.6. The Labute approximate surface area is 174 Å². The standard InChI is InChI=1S/C22H25N3O3S/c26-20(16-6-2-1-3-7-16)23-17-10-13-24(14-11-17)21(27)18-8-4-12-25(18)22(28)19-9-5-15-29-19/h1-3,5-7,9,15,17-18H,4,8,10-14H2,(H,23,26)/t18-/m1/s1. The van der Waals surface area contributed by atoms with Gasteiger partial charge in [-0.25, -0.2) is 0 Å². The molecule has 0 spiro atoms. The fourth-order valence-corrected chi connectivity index (χ4v) is 4.80. The molecule has 6 nitrogen and oxygen atoms in total. The van der Waals surface area contributed by atoms with Crippen LogP contribution in [0.4, 0.5) is 0 Å². The summed E-state index contributed by atoms with van der Waals surface area (Å²) in [4.78, 5) is 42.4. The Morgan fingerprint density at radius 1 is 0.931 bits per heavy atom. The van der Waals surface area contributed by atoms with Crippen LogP contribution in [0.2, 0.25) is 0 Å². The van der Waals surface area contributed by atoms with E-state index in [0.29, 0.717) is 30.1 Å². The second-order valence-corrected chi connectivity index (χ2v) is 8.52. The molecule has 1 aromatic carbocycles. The van der Waals surface area contributed by atoms with Gasteiger partial charge in [-0.3, -0.25) is 14.4 Å². The van der Waals surface area contributed by atoms with Crippen molar-refractivity contribution in [3.05, 3.63) is 58.3 Å². The lowest BCUT2D eigenvalue weighted by atomic mass is 10.0. The van der Waals surface area contributed by atoms with Gasteiger partial charge in [0.1, 0.15) is 6.04 Å². The van der Waals surface area contributed by atoms with Gasteiger partial charge in [0.25, 0.3) is 11.8 Å². The monoisotopic (exact) mass is 411 g/mol. The number of carbonyl (C=O) groups is 3. The van der Waals surface area contributed by atoms with Gasteiger partial charge in [-0.1, -0.05) is 24.3 Å². The summed E-state index contributed by atoms with van der Waals surface area (Å²) >= 11 is 1.41. The molecule has 0 aliphatic carbocycles.